The third-order valence-electron chi connectivity index (χ3n) is 4.76. The van der Waals surface area contributed by atoms with Crippen molar-refractivity contribution in [3.8, 4) is 0 Å². The Morgan fingerprint density at radius 1 is 1.15 bits per heavy atom. The normalized spacial score (nSPS) is 15.1. The Morgan fingerprint density at radius 3 is 2.69 bits per heavy atom. The molecule has 1 aromatic carbocycles. The minimum Gasteiger partial charge on any atom is -0.465 e. The van der Waals surface area contributed by atoms with Gasteiger partial charge in [0.25, 0.3) is 5.91 Å². The number of rotatable bonds is 5. The van der Waals surface area contributed by atoms with E-state index in [0.717, 1.165) is 12.8 Å². The summed E-state index contributed by atoms with van der Waals surface area (Å²) < 4.78 is 5.15. The van der Waals surface area contributed by atoms with E-state index in [1.165, 1.54) is 25.3 Å². The van der Waals surface area contributed by atoms with E-state index in [9.17, 15) is 9.59 Å². The molecule has 5 heteroatoms. The minimum atomic E-state index is -0.272. The van der Waals surface area contributed by atoms with Crippen molar-refractivity contribution in [3.63, 3.8) is 0 Å². The van der Waals surface area contributed by atoms with E-state index in [-0.39, 0.29) is 11.8 Å². The Labute approximate surface area is 153 Å². The van der Waals surface area contributed by atoms with Gasteiger partial charge in [0.2, 0.25) is 5.91 Å². The lowest BCUT2D eigenvalue weighted by Gasteiger charge is -2.31. The fraction of sp³-hybridized carbons (Fsp3) is 0.333. The molecular formula is C21H24N2O3. The predicted octanol–water partition coefficient (Wildman–Crippen LogP) is 4.34. The monoisotopic (exact) mass is 352 g/mol. The molecule has 1 aliphatic carbocycles. The molecule has 5 nitrogen and oxygen atoms in total. The van der Waals surface area contributed by atoms with Gasteiger partial charge in [0, 0.05) is 30.4 Å². The average molecular weight is 352 g/mol. The molecule has 1 heterocycles. The molecule has 0 bridgehead atoms. The number of carbonyl (C=O) groups is 2. The number of carbonyl (C=O) groups excluding carboxylic acids is 2. The molecule has 0 aliphatic heterocycles. The van der Waals surface area contributed by atoms with E-state index in [1.54, 1.807) is 48.7 Å². The Kier molecular flexibility index (Phi) is 5.89. The summed E-state index contributed by atoms with van der Waals surface area (Å²) in [5, 5.41) is 2.78. The predicted molar refractivity (Wildman–Crippen MR) is 102 cm³/mol. The Balaban J connectivity index is 1.63. The van der Waals surface area contributed by atoms with Crippen LogP contribution in [0.3, 0.4) is 0 Å². The molecule has 0 spiro atoms. The van der Waals surface area contributed by atoms with Crippen LogP contribution < -0.4 is 5.32 Å². The highest BCUT2D eigenvalue weighted by Gasteiger charge is 2.23. The molecule has 1 N–H and O–H groups in total. The van der Waals surface area contributed by atoms with Crippen molar-refractivity contribution in [2.75, 3.05) is 12.4 Å². The maximum Gasteiger partial charge on any atom is 0.253 e. The van der Waals surface area contributed by atoms with E-state index in [0.29, 0.717) is 23.1 Å². The molecule has 0 radical (unpaired) electrons. The van der Waals surface area contributed by atoms with Crippen LogP contribution in [0, 0.1) is 0 Å². The largest absolute Gasteiger partial charge is 0.465 e. The van der Waals surface area contributed by atoms with E-state index in [2.05, 4.69) is 5.32 Å². The van der Waals surface area contributed by atoms with Crippen LogP contribution in [-0.4, -0.2) is 29.8 Å². The second-order valence-corrected chi connectivity index (χ2v) is 6.63. The Hall–Kier alpha value is -2.82. The lowest BCUT2D eigenvalue weighted by atomic mass is 9.94. The number of amides is 2. The summed E-state index contributed by atoms with van der Waals surface area (Å²) in [4.78, 5) is 26.6. The van der Waals surface area contributed by atoms with Gasteiger partial charge in [-0.1, -0.05) is 25.3 Å². The number of benzene rings is 1. The fourth-order valence-electron chi connectivity index (χ4n) is 3.30. The van der Waals surface area contributed by atoms with Crippen LogP contribution in [0.25, 0.3) is 6.08 Å². The molecule has 0 saturated heterocycles. The zero-order valence-electron chi connectivity index (χ0n) is 15.0. The highest BCUT2D eigenvalue weighted by atomic mass is 16.3. The van der Waals surface area contributed by atoms with Gasteiger partial charge in [-0.2, -0.15) is 0 Å². The first-order chi connectivity index (χ1) is 12.6. The smallest absolute Gasteiger partial charge is 0.253 e. The summed E-state index contributed by atoms with van der Waals surface area (Å²) in [6, 6.07) is 10.9. The topological polar surface area (TPSA) is 62.6 Å². The van der Waals surface area contributed by atoms with Crippen LogP contribution in [0.15, 0.2) is 53.2 Å². The maximum atomic E-state index is 12.7. The minimum absolute atomic E-state index is 0.000809. The lowest BCUT2D eigenvalue weighted by Crippen LogP contribution is -2.38. The van der Waals surface area contributed by atoms with Crippen molar-refractivity contribution in [2.45, 2.75) is 38.1 Å². The summed E-state index contributed by atoms with van der Waals surface area (Å²) in [6.45, 7) is 0. The van der Waals surface area contributed by atoms with Gasteiger partial charge in [-0.25, -0.2) is 0 Å². The first-order valence-corrected chi connectivity index (χ1v) is 9.03. The molecule has 0 unspecified atom stereocenters. The van der Waals surface area contributed by atoms with Crippen LogP contribution in [-0.2, 0) is 4.79 Å². The Bertz CT molecular complexity index is 774. The van der Waals surface area contributed by atoms with Crippen LogP contribution in [0.2, 0.25) is 0 Å². The van der Waals surface area contributed by atoms with Crippen molar-refractivity contribution < 1.29 is 14.0 Å². The van der Waals surface area contributed by atoms with Gasteiger partial charge in [-0.05, 0) is 49.2 Å². The van der Waals surface area contributed by atoms with Crippen LogP contribution >= 0.6 is 0 Å². The highest BCUT2D eigenvalue weighted by Crippen LogP contribution is 2.23. The van der Waals surface area contributed by atoms with Gasteiger partial charge in [-0.15, -0.1) is 0 Å². The second kappa shape index (κ2) is 8.52. The zero-order chi connectivity index (χ0) is 18.4. The van der Waals surface area contributed by atoms with Gasteiger partial charge in [0.1, 0.15) is 5.76 Å². The van der Waals surface area contributed by atoms with Crippen LogP contribution in [0.5, 0.6) is 0 Å². The molecular weight excluding hydrogens is 328 g/mol. The molecule has 1 aromatic heterocycles. The fourth-order valence-corrected chi connectivity index (χ4v) is 3.30. The van der Waals surface area contributed by atoms with Crippen LogP contribution in [0.1, 0.15) is 48.2 Å². The van der Waals surface area contributed by atoms with Gasteiger partial charge >= 0.3 is 0 Å². The highest BCUT2D eigenvalue weighted by molar-refractivity contribution is 6.03. The third-order valence-corrected chi connectivity index (χ3v) is 4.76. The van der Waals surface area contributed by atoms with Gasteiger partial charge in [0.05, 0.1) is 6.26 Å². The summed E-state index contributed by atoms with van der Waals surface area (Å²) in [7, 11) is 1.87. The molecule has 136 valence electrons. The number of hydrogen-bond donors (Lipinski definition) is 1. The molecule has 1 saturated carbocycles. The number of nitrogens with zero attached hydrogens (tertiary/aromatic N) is 1. The summed E-state index contributed by atoms with van der Waals surface area (Å²) in [5.41, 5.74) is 1.19. The molecule has 2 aromatic rings. The van der Waals surface area contributed by atoms with Gasteiger partial charge in [0.15, 0.2) is 0 Å². The van der Waals surface area contributed by atoms with E-state index in [1.807, 2.05) is 11.9 Å². The van der Waals surface area contributed by atoms with Crippen molar-refractivity contribution in [2.24, 2.45) is 0 Å². The Morgan fingerprint density at radius 2 is 1.96 bits per heavy atom. The van der Waals surface area contributed by atoms with Gasteiger partial charge in [-0.3, -0.25) is 9.59 Å². The molecule has 1 fully saturated rings. The van der Waals surface area contributed by atoms with Crippen molar-refractivity contribution in [1.82, 2.24) is 4.90 Å². The van der Waals surface area contributed by atoms with Crippen molar-refractivity contribution >= 4 is 23.6 Å². The molecule has 1 aliphatic rings. The summed E-state index contributed by atoms with van der Waals surface area (Å²) in [5.74, 6) is 0.337. The average Bonchev–Trinajstić information content (AvgIpc) is 3.20. The lowest BCUT2D eigenvalue weighted by molar-refractivity contribution is -0.111. The molecule has 2 amide bonds. The zero-order valence-corrected chi connectivity index (χ0v) is 15.0. The van der Waals surface area contributed by atoms with Crippen molar-refractivity contribution in [3.05, 3.63) is 60.1 Å². The van der Waals surface area contributed by atoms with Crippen LogP contribution in [0.4, 0.5) is 5.69 Å². The standard InChI is InChI=1S/C21H24N2O3/c1-23(18-9-3-2-4-10-18)21(25)16-7-5-8-17(15-16)22-20(24)13-12-19-11-6-14-26-19/h5-8,11-15,18H,2-4,9-10H2,1H3,(H,22,24)/b13-12+. The number of hydrogen-bond acceptors (Lipinski definition) is 3. The third kappa shape index (κ3) is 4.63. The number of nitrogens with one attached hydrogen (secondary N) is 1. The SMILES string of the molecule is CN(C(=O)c1cccc(NC(=O)/C=C/c2ccco2)c1)C1CCCCC1. The summed E-state index contributed by atoms with van der Waals surface area (Å²) in [6.07, 6.45) is 10.3. The van der Waals surface area contributed by atoms with E-state index in [4.69, 9.17) is 4.42 Å². The maximum absolute atomic E-state index is 12.7. The van der Waals surface area contributed by atoms with Crippen molar-refractivity contribution in [1.29, 1.82) is 0 Å². The first kappa shape index (κ1) is 18.0. The quantitative estimate of drug-likeness (QED) is 0.815. The first-order valence-electron chi connectivity index (χ1n) is 9.03. The summed E-state index contributed by atoms with van der Waals surface area (Å²) >= 11 is 0. The van der Waals surface area contributed by atoms with E-state index < -0.39 is 0 Å². The molecule has 26 heavy (non-hydrogen) atoms. The number of anilines is 1. The molecule has 0 atom stereocenters. The van der Waals surface area contributed by atoms with E-state index >= 15 is 0 Å². The molecule has 3 rings (SSSR count). The second-order valence-electron chi connectivity index (χ2n) is 6.63. The van der Waals surface area contributed by atoms with Gasteiger partial charge < -0.3 is 14.6 Å². The number of furan rings is 1.